The Labute approximate surface area is 157 Å². The number of nitrogens with one attached hydrogen (secondary N) is 4. The van der Waals surface area contributed by atoms with Gasteiger partial charge in [-0.15, -0.1) is 0 Å². The van der Waals surface area contributed by atoms with Gasteiger partial charge in [0.2, 0.25) is 0 Å². The van der Waals surface area contributed by atoms with Crippen molar-refractivity contribution in [1.29, 1.82) is 0 Å². The summed E-state index contributed by atoms with van der Waals surface area (Å²) in [7, 11) is 0. The number of piperazine rings is 1. The van der Waals surface area contributed by atoms with E-state index in [9.17, 15) is 0 Å². The van der Waals surface area contributed by atoms with E-state index in [2.05, 4.69) is 62.8 Å². The molecule has 0 aromatic heterocycles. The summed E-state index contributed by atoms with van der Waals surface area (Å²) in [6.45, 7) is 18.3. The molecule has 4 nitrogen and oxygen atoms in total. The van der Waals surface area contributed by atoms with Crippen LogP contribution >= 0.6 is 0 Å². The molecule has 4 heteroatoms. The molecule has 3 rings (SSSR count). The molecule has 0 saturated carbocycles. The highest BCUT2D eigenvalue weighted by Crippen LogP contribution is 2.15. The highest BCUT2D eigenvalue weighted by molar-refractivity contribution is 4.79. The molecule has 0 aromatic rings. The van der Waals surface area contributed by atoms with Crippen LogP contribution in [0.3, 0.4) is 0 Å². The van der Waals surface area contributed by atoms with Crippen LogP contribution in [0.1, 0.15) is 73.6 Å². The van der Waals surface area contributed by atoms with Crippen LogP contribution in [0.2, 0.25) is 0 Å². The topological polar surface area (TPSA) is 48.1 Å². The van der Waals surface area contributed by atoms with Crippen molar-refractivity contribution in [3.05, 3.63) is 0 Å². The van der Waals surface area contributed by atoms with E-state index in [-0.39, 0.29) is 0 Å². The van der Waals surface area contributed by atoms with Crippen LogP contribution < -0.4 is 21.3 Å². The van der Waals surface area contributed by atoms with Gasteiger partial charge in [-0.25, -0.2) is 0 Å². The monoisotopic (exact) mass is 354 g/mol. The molecule has 3 heterocycles. The molecular formula is C21H46N4. The number of hydrogen-bond acceptors (Lipinski definition) is 4. The van der Waals surface area contributed by atoms with Gasteiger partial charge in [-0.2, -0.15) is 0 Å². The molecule has 0 aliphatic carbocycles. The van der Waals surface area contributed by atoms with Gasteiger partial charge in [0.25, 0.3) is 0 Å². The van der Waals surface area contributed by atoms with Crippen LogP contribution in [0.4, 0.5) is 0 Å². The highest BCUT2D eigenvalue weighted by Gasteiger charge is 2.15. The second-order valence-corrected chi connectivity index (χ2v) is 8.56. The summed E-state index contributed by atoms with van der Waals surface area (Å²) in [6, 6.07) is 2.78. The lowest BCUT2D eigenvalue weighted by atomic mass is 9.94. The van der Waals surface area contributed by atoms with Crippen LogP contribution in [0.15, 0.2) is 0 Å². The molecule has 0 spiro atoms. The average molecular weight is 355 g/mol. The fraction of sp³-hybridized carbons (Fsp3) is 1.00. The Morgan fingerprint density at radius 1 is 0.440 bits per heavy atom. The van der Waals surface area contributed by atoms with Crippen molar-refractivity contribution in [3.8, 4) is 0 Å². The molecule has 0 bridgehead atoms. The molecular weight excluding hydrogens is 308 g/mol. The first-order chi connectivity index (χ1) is 11.9. The third-order valence-corrected chi connectivity index (χ3v) is 6.37. The minimum absolute atomic E-state index is 0.642. The fourth-order valence-electron chi connectivity index (χ4n) is 3.53. The van der Waals surface area contributed by atoms with Gasteiger partial charge in [0.15, 0.2) is 0 Å². The van der Waals surface area contributed by atoms with Crippen LogP contribution in [-0.4, -0.2) is 50.3 Å². The second-order valence-electron chi connectivity index (χ2n) is 8.56. The molecule has 4 N–H and O–H groups in total. The van der Waals surface area contributed by atoms with Crippen LogP contribution in [0.5, 0.6) is 0 Å². The Kier molecular flexibility index (Phi) is 12.0. The van der Waals surface area contributed by atoms with Crippen molar-refractivity contribution in [2.24, 2.45) is 11.8 Å². The Bertz CT molecular complexity index is 273. The van der Waals surface area contributed by atoms with Gasteiger partial charge in [0.1, 0.15) is 0 Å². The molecule has 3 saturated heterocycles. The molecule has 0 aromatic carbocycles. The van der Waals surface area contributed by atoms with Crippen LogP contribution in [0, 0.1) is 11.8 Å². The Hall–Kier alpha value is -0.160. The van der Waals surface area contributed by atoms with E-state index in [1.807, 2.05) is 0 Å². The molecule has 3 aliphatic rings. The number of piperidine rings is 1. The van der Waals surface area contributed by atoms with Gasteiger partial charge in [-0.05, 0) is 78.3 Å². The van der Waals surface area contributed by atoms with E-state index in [0.29, 0.717) is 12.1 Å². The third kappa shape index (κ3) is 9.93. The maximum Gasteiger partial charge on any atom is 0.0190 e. The van der Waals surface area contributed by atoms with E-state index in [0.717, 1.165) is 37.0 Å². The molecule has 0 amide bonds. The van der Waals surface area contributed by atoms with Crippen molar-refractivity contribution in [3.63, 3.8) is 0 Å². The van der Waals surface area contributed by atoms with Gasteiger partial charge >= 0.3 is 0 Å². The first kappa shape index (κ1) is 22.9. The zero-order valence-corrected chi connectivity index (χ0v) is 17.8. The van der Waals surface area contributed by atoms with Gasteiger partial charge in [0, 0.05) is 37.3 Å². The predicted molar refractivity (Wildman–Crippen MR) is 111 cm³/mol. The summed E-state index contributed by atoms with van der Waals surface area (Å²) < 4.78 is 0. The van der Waals surface area contributed by atoms with Crippen LogP contribution in [0.25, 0.3) is 0 Å². The molecule has 150 valence electrons. The van der Waals surface area contributed by atoms with E-state index in [1.165, 1.54) is 45.2 Å². The Morgan fingerprint density at radius 2 is 0.840 bits per heavy atom. The minimum atomic E-state index is 0.642. The van der Waals surface area contributed by atoms with Crippen molar-refractivity contribution in [2.75, 3.05) is 26.2 Å². The van der Waals surface area contributed by atoms with Crippen molar-refractivity contribution >= 4 is 0 Å². The van der Waals surface area contributed by atoms with E-state index in [4.69, 9.17) is 0 Å². The Morgan fingerprint density at radius 3 is 1.32 bits per heavy atom. The molecule has 6 unspecified atom stereocenters. The molecule has 3 fully saturated rings. The summed E-state index contributed by atoms with van der Waals surface area (Å²) >= 11 is 0. The van der Waals surface area contributed by atoms with Gasteiger partial charge in [-0.3, -0.25) is 0 Å². The van der Waals surface area contributed by atoms with Crippen LogP contribution in [-0.2, 0) is 0 Å². The largest absolute Gasteiger partial charge is 0.314 e. The lowest BCUT2D eigenvalue weighted by Gasteiger charge is -2.27. The smallest absolute Gasteiger partial charge is 0.0190 e. The van der Waals surface area contributed by atoms with E-state index in [1.54, 1.807) is 0 Å². The molecule has 25 heavy (non-hydrogen) atoms. The Balaban J connectivity index is 0.000000188. The average Bonchev–Trinajstić information content (AvgIpc) is 2.79. The summed E-state index contributed by atoms with van der Waals surface area (Å²) in [5, 5.41) is 13.7. The van der Waals surface area contributed by atoms with Crippen molar-refractivity contribution in [1.82, 2.24) is 21.3 Å². The van der Waals surface area contributed by atoms with Crippen molar-refractivity contribution < 1.29 is 0 Å². The van der Waals surface area contributed by atoms with Gasteiger partial charge < -0.3 is 21.3 Å². The number of rotatable bonds is 0. The summed E-state index contributed by atoms with van der Waals surface area (Å²) in [4.78, 5) is 0. The minimum Gasteiger partial charge on any atom is -0.314 e. The normalized spacial score (nSPS) is 39.1. The zero-order valence-electron chi connectivity index (χ0n) is 17.8. The fourth-order valence-corrected chi connectivity index (χ4v) is 3.53. The number of hydrogen-bond donors (Lipinski definition) is 4. The highest BCUT2D eigenvalue weighted by atomic mass is 15.1. The quantitative estimate of drug-likeness (QED) is 0.540. The molecule has 6 atom stereocenters. The lowest BCUT2D eigenvalue weighted by molar-refractivity contribution is 0.319. The first-order valence-corrected chi connectivity index (χ1v) is 10.8. The zero-order chi connectivity index (χ0) is 18.7. The lowest BCUT2D eigenvalue weighted by Crippen LogP contribution is -2.52. The maximum absolute atomic E-state index is 3.49. The van der Waals surface area contributed by atoms with E-state index >= 15 is 0 Å². The first-order valence-electron chi connectivity index (χ1n) is 10.8. The molecule has 0 radical (unpaired) electrons. The van der Waals surface area contributed by atoms with Gasteiger partial charge in [-0.1, -0.05) is 20.3 Å². The predicted octanol–water partition coefficient (Wildman–Crippen LogP) is 3.14. The van der Waals surface area contributed by atoms with Crippen molar-refractivity contribution in [2.45, 2.75) is 97.8 Å². The summed E-state index contributed by atoms with van der Waals surface area (Å²) in [6.07, 6.45) is 6.97. The second kappa shape index (κ2) is 13.1. The van der Waals surface area contributed by atoms with Gasteiger partial charge in [0.05, 0.1) is 0 Å². The SMILES string of the molecule is CC1CCCCNC1C.CC1CCCNC1C.CC1NCCNC1C. The maximum atomic E-state index is 3.49. The van der Waals surface area contributed by atoms with E-state index < -0.39 is 0 Å². The summed E-state index contributed by atoms with van der Waals surface area (Å²) in [5.41, 5.74) is 0. The molecule has 3 aliphatic heterocycles. The summed E-state index contributed by atoms with van der Waals surface area (Å²) in [5.74, 6) is 1.77. The third-order valence-electron chi connectivity index (χ3n) is 6.37. The standard InChI is InChI=1S/C8H17N.C7H15N.C6H14N2/c1-7-5-3-4-6-9-8(7)2;1-6-4-3-5-8-7(6)2;1-5-6(2)8-4-3-7-5/h7-9H,3-6H2,1-2H3;6-8H,3-5H2,1-2H3;5-8H,3-4H2,1-2H3.